The van der Waals surface area contributed by atoms with Gasteiger partial charge in [0.15, 0.2) is 0 Å². The molecule has 1 unspecified atom stereocenters. The van der Waals surface area contributed by atoms with Crippen molar-refractivity contribution in [2.75, 3.05) is 31.1 Å². The maximum atomic E-state index is 12.1. The molecule has 1 aliphatic heterocycles. The Kier molecular flexibility index (Phi) is 4.76. The van der Waals surface area contributed by atoms with Gasteiger partial charge in [-0.3, -0.25) is 4.79 Å². The van der Waals surface area contributed by atoms with E-state index in [0.29, 0.717) is 13.1 Å². The van der Waals surface area contributed by atoms with E-state index in [1.807, 2.05) is 19.9 Å². The van der Waals surface area contributed by atoms with Gasteiger partial charge in [0, 0.05) is 36.8 Å². The van der Waals surface area contributed by atoms with E-state index in [1.165, 1.54) is 0 Å². The Labute approximate surface area is 121 Å². The highest BCUT2D eigenvalue weighted by Gasteiger charge is 2.29. The molecule has 1 fully saturated rings. The smallest absolute Gasteiger partial charge is 0.244 e. The number of carbonyl (C=O) groups is 1. The molecule has 5 nitrogen and oxygen atoms in total. The van der Waals surface area contributed by atoms with E-state index in [-0.39, 0.29) is 11.9 Å². The third kappa shape index (κ3) is 3.25. The summed E-state index contributed by atoms with van der Waals surface area (Å²) in [4.78, 5) is 18.7. The summed E-state index contributed by atoms with van der Waals surface area (Å²) in [6, 6.07) is 1.83. The van der Waals surface area contributed by atoms with Crippen LogP contribution in [0.1, 0.15) is 12.5 Å². The largest absolute Gasteiger partial charge is 0.355 e. The predicted octanol–water partition coefficient (Wildman–Crippen LogP) is 1.07. The maximum Gasteiger partial charge on any atom is 0.244 e. The number of hydrogen-bond acceptors (Lipinski definition) is 4. The van der Waals surface area contributed by atoms with Gasteiger partial charge in [-0.1, -0.05) is 0 Å². The van der Waals surface area contributed by atoms with Gasteiger partial charge in [0.2, 0.25) is 5.91 Å². The van der Waals surface area contributed by atoms with E-state index in [4.69, 9.17) is 0 Å². The highest BCUT2D eigenvalue weighted by molar-refractivity contribution is 9.10. The molecule has 0 bridgehead atoms. The monoisotopic (exact) mass is 326 g/mol. The molecule has 1 saturated heterocycles. The van der Waals surface area contributed by atoms with Gasteiger partial charge < -0.3 is 15.5 Å². The van der Waals surface area contributed by atoms with E-state index in [2.05, 4.69) is 36.4 Å². The summed E-state index contributed by atoms with van der Waals surface area (Å²) in [6.07, 6.45) is 1.78. The zero-order valence-corrected chi connectivity index (χ0v) is 12.8. The van der Waals surface area contributed by atoms with Crippen LogP contribution in [0.25, 0.3) is 0 Å². The van der Waals surface area contributed by atoms with Gasteiger partial charge in [-0.15, -0.1) is 0 Å². The minimum Gasteiger partial charge on any atom is -0.355 e. The minimum atomic E-state index is -0.193. The number of aromatic nitrogens is 1. The van der Waals surface area contributed by atoms with Crippen molar-refractivity contribution in [3.63, 3.8) is 0 Å². The van der Waals surface area contributed by atoms with Gasteiger partial charge >= 0.3 is 0 Å². The molecule has 0 aromatic carbocycles. The lowest BCUT2D eigenvalue weighted by atomic mass is 10.1. The Morgan fingerprint density at radius 3 is 3.16 bits per heavy atom. The number of halogens is 1. The molecule has 1 aromatic rings. The molecule has 0 radical (unpaired) electrons. The summed E-state index contributed by atoms with van der Waals surface area (Å²) in [5.41, 5.74) is 1.07. The van der Waals surface area contributed by atoms with Crippen LogP contribution in [0.15, 0.2) is 16.7 Å². The first-order valence-corrected chi connectivity index (χ1v) is 7.30. The molecule has 0 spiro atoms. The lowest BCUT2D eigenvalue weighted by molar-refractivity contribution is -0.122. The number of rotatable bonds is 3. The van der Waals surface area contributed by atoms with Crippen LogP contribution in [0.3, 0.4) is 0 Å². The fraction of sp³-hybridized carbons (Fsp3) is 0.538. The predicted molar refractivity (Wildman–Crippen MR) is 79.4 cm³/mol. The lowest BCUT2D eigenvalue weighted by Gasteiger charge is -2.36. The molecule has 2 N–H and O–H groups in total. The van der Waals surface area contributed by atoms with Gasteiger partial charge in [0.05, 0.1) is 0 Å². The fourth-order valence-electron chi connectivity index (χ4n) is 2.32. The van der Waals surface area contributed by atoms with Crippen LogP contribution in [0.5, 0.6) is 0 Å². The van der Waals surface area contributed by atoms with Crippen molar-refractivity contribution in [3.05, 3.63) is 22.3 Å². The van der Waals surface area contributed by atoms with Gasteiger partial charge in [-0.25, -0.2) is 4.98 Å². The average Bonchev–Trinajstić information content (AvgIpc) is 2.39. The van der Waals surface area contributed by atoms with Crippen molar-refractivity contribution < 1.29 is 4.79 Å². The molecular weight excluding hydrogens is 308 g/mol. The van der Waals surface area contributed by atoms with E-state index in [1.54, 1.807) is 6.20 Å². The summed E-state index contributed by atoms with van der Waals surface area (Å²) < 4.78 is 0.957. The Balaban J connectivity index is 2.26. The number of amides is 1. The van der Waals surface area contributed by atoms with E-state index < -0.39 is 0 Å². The molecule has 1 atom stereocenters. The second kappa shape index (κ2) is 6.34. The number of likely N-dealkylation sites (N-methyl/N-ethyl adjacent to an activating group) is 1. The third-order valence-electron chi connectivity index (χ3n) is 3.19. The molecule has 104 valence electrons. The van der Waals surface area contributed by atoms with Crippen LogP contribution < -0.4 is 15.5 Å². The van der Waals surface area contributed by atoms with Crippen molar-refractivity contribution >= 4 is 27.7 Å². The van der Waals surface area contributed by atoms with Crippen LogP contribution in [-0.2, 0) is 4.79 Å². The van der Waals surface area contributed by atoms with Crippen molar-refractivity contribution in [2.45, 2.75) is 19.9 Å². The van der Waals surface area contributed by atoms with E-state index in [9.17, 15) is 4.79 Å². The zero-order valence-electron chi connectivity index (χ0n) is 11.2. The summed E-state index contributed by atoms with van der Waals surface area (Å²) in [7, 11) is 0. The Hall–Kier alpha value is -1.14. The van der Waals surface area contributed by atoms with Gasteiger partial charge in [0.1, 0.15) is 11.9 Å². The Bertz CT molecular complexity index is 466. The Morgan fingerprint density at radius 2 is 2.47 bits per heavy atom. The molecule has 19 heavy (non-hydrogen) atoms. The van der Waals surface area contributed by atoms with Crippen molar-refractivity contribution in [2.24, 2.45) is 0 Å². The molecule has 0 saturated carbocycles. The molecule has 1 aliphatic rings. The summed E-state index contributed by atoms with van der Waals surface area (Å²) >= 11 is 3.42. The van der Waals surface area contributed by atoms with Crippen LogP contribution in [0.4, 0.5) is 5.82 Å². The number of nitrogens with zero attached hydrogens (tertiary/aromatic N) is 2. The molecule has 6 heteroatoms. The van der Waals surface area contributed by atoms with Crippen LogP contribution in [0.2, 0.25) is 0 Å². The topological polar surface area (TPSA) is 57.3 Å². The summed E-state index contributed by atoms with van der Waals surface area (Å²) in [5, 5.41) is 6.15. The number of pyridine rings is 1. The summed E-state index contributed by atoms with van der Waals surface area (Å²) in [6.45, 7) is 6.91. The number of aryl methyl sites for hydroxylation is 1. The molecular formula is C13H19BrN4O. The van der Waals surface area contributed by atoms with Crippen molar-refractivity contribution in [1.29, 1.82) is 0 Å². The molecule has 1 amide bonds. The number of carbonyl (C=O) groups excluding carboxylic acids is 1. The van der Waals surface area contributed by atoms with Gasteiger partial charge in [0.25, 0.3) is 0 Å². The van der Waals surface area contributed by atoms with Crippen LogP contribution >= 0.6 is 15.9 Å². The molecule has 1 aromatic heterocycles. The first-order valence-electron chi connectivity index (χ1n) is 6.50. The first-order chi connectivity index (χ1) is 9.13. The fourth-order valence-corrected chi connectivity index (χ4v) is 2.76. The van der Waals surface area contributed by atoms with E-state index in [0.717, 1.165) is 28.9 Å². The lowest BCUT2D eigenvalue weighted by Crippen LogP contribution is -2.58. The summed E-state index contributed by atoms with van der Waals surface area (Å²) in [5.74, 6) is 0.944. The third-order valence-corrected chi connectivity index (χ3v) is 3.62. The number of anilines is 1. The van der Waals surface area contributed by atoms with Crippen molar-refractivity contribution in [3.8, 4) is 0 Å². The molecule has 0 aliphatic carbocycles. The van der Waals surface area contributed by atoms with E-state index >= 15 is 0 Å². The Morgan fingerprint density at radius 1 is 1.68 bits per heavy atom. The maximum absolute atomic E-state index is 12.1. The first kappa shape index (κ1) is 14.3. The molecule has 2 heterocycles. The normalized spacial score (nSPS) is 19.3. The number of piperazine rings is 1. The van der Waals surface area contributed by atoms with Gasteiger partial charge in [-0.05, 0) is 41.4 Å². The highest BCUT2D eigenvalue weighted by Crippen LogP contribution is 2.23. The number of hydrogen-bond donors (Lipinski definition) is 2. The minimum absolute atomic E-state index is 0.0545. The number of nitrogens with one attached hydrogen (secondary N) is 2. The second-order valence-electron chi connectivity index (χ2n) is 4.60. The SMILES string of the molecule is CCNC(=O)C1CNCCN1c1ncc(Br)cc1C. The van der Waals surface area contributed by atoms with Crippen molar-refractivity contribution in [1.82, 2.24) is 15.6 Å². The second-order valence-corrected chi connectivity index (χ2v) is 5.52. The quantitative estimate of drug-likeness (QED) is 0.872. The van der Waals surface area contributed by atoms with Gasteiger partial charge in [-0.2, -0.15) is 0 Å². The molecule has 2 rings (SSSR count). The standard InChI is InChI=1S/C13H19BrN4O/c1-3-16-13(19)11-8-15-4-5-18(11)12-9(2)6-10(14)7-17-12/h6-7,11,15H,3-5,8H2,1-2H3,(H,16,19). The van der Waals surface area contributed by atoms with Crippen LogP contribution in [-0.4, -0.2) is 43.1 Å². The van der Waals surface area contributed by atoms with Crippen LogP contribution in [0, 0.1) is 6.92 Å². The zero-order chi connectivity index (χ0) is 13.8. The highest BCUT2D eigenvalue weighted by atomic mass is 79.9. The average molecular weight is 327 g/mol.